The number of thiophene rings is 1. The topological polar surface area (TPSA) is 96.2 Å². The van der Waals surface area contributed by atoms with Crippen LogP contribution in [0.1, 0.15) is 29.0 Å². The van der Waals surface area contributed by atoms with Crippen LogP contribution >= 0.6 is 11.3 Å². The summed E-state index contributed by atoms with van der Waals surface area (Å²) in [5.41, 5.74) is 1.25. The number of nitrogens with one attached hydrogen (secondary N) is 1. The zero-order valence-corrected chi connectivity index (χ0v) is 18.1. The van der Waals surface area contributed by atoms with Crippen molar-refractivity contribution in [3.05, 3.63) is 33.3 Å². The highest BCUT2D eigenvalue weighted by molar-refractivity contribution is 7.17. The Morgan fingerprint density at radius 1 is 1.32 bits per heavy atom. The molecule has 31 heavy (non-hydrogen) atoms. The van der Waals surface area contributed by atoms with Gasteiger partial charge in [-0.3, -0.25) is 14.2 Å². The van der Waals surface area contributed by atoms with Crippen molar-refractivity contribution in [3.8, 4) is 0 Å². The van der Waals surface area contributed by atoms with E-state index < -0.39 is 6.67 Å². The van der Waals surface area contributed by atoms with E-state index in [1.54, 1.807) is 30.4 Å². The van der Waals surface area contributed by atoms with Gasteiger partial charge in [0.15, 0.2) is 0 Å². The number of aromatic nitrogens is 4. The van der Waals surface area contributed by atoms with Gasteiger partial charge in [-0.2, -0.15) is 4.98 Å². The molecule has 9 nitrogen and oxygen atoms in total. The van der Waals surface area contributed by atoms with Crippen LogP contribution in [0.5, 0.6) is 0 Å². The maximum atomic E-state index is 13.6. The molecule has 5 rings (SSSR count). The van der Waals surface area contributed by atoms with Gasteiger partial charge in [0.1, 0.15) is 34.1 Å². The lowest BCUT2D eigenvalue weighted by molar-refractivity contribution is 0.0988. The standard InChI is InChI=1S/C20H22FN7O2S/c1-11-24-15-14(10-31-16(15)19(30)26(11)7-5-21)28-9-12-4-3-6-27(12)17-13(18(28)29)8-23-20(22-2)25-17/h8,10,12H,3-7,9H2,1-2H3,(H,22,23,25)/t12-/m0/s1. The first-order chi connectivity index (χ1) is 15.0. The fourth-order valence-electron chi connectivity index (χ4n) is 4.45. The molecule has 0 radical (unpaired) electrons. The first kappa shape index (κ1) is 19.9. The molecule has 0 aliphatic carbocycles. The lowest BCUT2D eigenvalue weighted by atomic mass is 10.2. The maximum absolute atomic E-state index is 13.6. The predicted octanol–water partition coefficient (Wildman–Crippen LogP) is 2.20. The van der Waals surface area contributed by atoms with Crippen LogP contribution < -0.4 is 20.7 Å². The number of halogens is 1. The molecular weight excluding hydrogens is 421 g/mol. The highest BCUT2D eigenvalue weighted by Crippen LogP contribution is 2.37. The van der Waals surface area contributed by atoms with Crippen LogP contribution in [0.25, 0.3) is 10.2 Å². The molecule has 2 aliphatic heterocycles. The molecule has 1 atom stereocenters. The number of anilines is 3. The summed E-state index contributed by atoms with van der Waals surface area (Å²) in [6.45, 7) is 2.32. The summed E-state index contributed by atoms with van der Waals surface area (Å²) in [6.07, 6.45) is 3.52. The summed E-state index contributed by atoms with van der Waals surface area (Å²) < 4.78 is 14.7. The Bertz CT molecular complexity index is 1240. The molecule has 0 spiro atoms. The molecule has 0 aromatic carbocycles. The van der Waals surface area contributed by atoms with Crippen LogP contribution in [0.4, 0.5) is 21.8 Å². The second-order valence-corrected chi connectivity index (χ2v) is 8.57. The van der Waals surface area contributed by atoms with E-state index in [9.17, 15) is 14.0 Å². The summed E-state index contributed by atoms with van der Waals surface area (Å²) in [5, 5.41) is 4.73. The van der Waals surface area contributed by atoms with Gasteiger partial charge in [0.25, 0.3) is 11.5 Å². The number of rotatable bonds is 4. The quantitative estimate of drug-likeness (QED) is 0.660. The molecule has 0 unspecified atom stereocenters. The highest BCUT2D eigenvalue weighted by atomic mass is 32.1. The summed E-state index contributed by atoms with van der Waals surface area (Å²) in [7, 11) is 1.75. The third-order valence-electron chi connectivity index (χ3n) is 5.96. The van der Waals surface area contributed by atoms with E-state index in [0.717, 1.165) is 19.4 Å². The fraction of sp³-hybridized carbons (Fsp3) is 0.450. The molecule has 1 N–H and O–H groups in total. The van der Waals surface area contributed by atoms with Gasteiger partial charge >= 0.3 is 0 Å². The minimum absolute atomic E-state index is 0.0287. The molecule has 3 aromatic rings. The van der Waals surface area contributed by atoms with Crippen molar-refractivity contribution in [2.45, 2.75) is 32.4 Å². The number of aryl methyl sites for hydroxylation is 1. The lowest BCUT2D eigenvalue weighted by Gasteiger charge is -2.26. The molecule has 5 heterocycles. The second-order valence-electron chi connectivity index (χ2n) is 7.69. The molecule has 162 valence electrons. The number of amides is 1. The SMILES string of the molecule is CNc1ncc2c(n1)N1CCC[C@H]1CN(c1csc3c(=O)n(CCF)c(C)nc13)C2=O. The second kappa shape index (κ2) is 7.56. The van der Waals surface area contributed by atoms with Crippen molar-refractivity contribution in [1.29, 1.82) is 0 Å². The Morgan fingerprint density at radius 2 is 2.16 bits per heavy atom. The zero-order chi connectivity index (χ0) is 21.7. The van der Waals surface area contributed by atoms with Gasteiger partial charge in [0.2, 0.25) is 5.95 Å². The van der Waals surface area contributed by atoms with E-state index in [1.165, 1.54) is 15.9 Å². The van der Waals surface area contributed by atoms with E-state index in [4.69, 9.17) is 0 Å². The van der Waals surface area contributed by atoms with Gasteiger partial charge in [0, 0.05) is 37.8 Å². The van der Waals surface area contributed by atoms with Crippen LogP contribution in [0.3, 0.4) is 0 Å². The van der Waals surface area contributed by atoms with E-state index in [0.29, 0.717) is 45.6 Å². The molecular formula is C20H22FN7O2S. The van der Waals surface area contributed by atoms with Gasteiger partial charge in [0.05, 0.1) is 12.2 Å². The minimum atomic E-state index is -0.639. The average molecular weight is 444 g/mol. The maximum Gasteiger partial charge on any atom is 0.271 e. The largest absolute Gasteiger partial charge is 0.357 e. The van der Waals surface area contributed by atoms with Crippen molar-refractivity contribution in [2.75, 3.05) is 41.9 Å². The minimum Gasteiger partial charge on any atom is -0.357 e. The van der Waals surface area contributed by atoms with Gasteiger partial charge in [-0.05, 0) is 19.8 Å². The van der Waals surface area contributed by atoms with E-state index >= 15 is 0 Å². The Balaban J connectivity index is 1.66. The number of nitrogens with zero attached hydrogens (tertiary/aromatic N) is 6. The summed E-state index contributed by atoms with van der Waals surface area (Å²) in [5.74, 6) is 1.33. The molecule has 11 heteroatoms. The number of fused-ring (bicyclic) bond motifs is 4. The molecule has 1 amide bonds. The van der Waals surface area contributed by atoms with Crippen molar-refractivity contribution < 1.29 is 9.18 Å². The number of hydrogen-bond donors (Lipinski definition) is 1. The van der Waals surface area contributed by atoms with Crippen molar-refractivity contribution in [2.24, 2.45) is 0 Å². The fourth-order valence-corrected chi connectivity index (χ4v) is 5.39. The predicted molar refractivity (Wildman–Crippen MR) is 118 cm³/mol. The Labute approximate surface area is 181 Å². The summed E-state index contributed by atoms with van der Waals surface area (Å²) in [6, 6.07) is 0.118. The van der Waals surface area contributed by atoms with Gasteiger partial charge in [-0.25, -0.2) is 14.4 Å². The number of alkyl halides is 1. The molecule has 0 bridgehead atoms. The van der Waals surface area contributed by atoms with E-state index in [-0.39, 0.29) is 24.1 Å². The van der Waals surface area contributed by atoms with Crippen LogP contribution in [-0.4, -0.2) is 58.3 Å². The monoisotopic (exact) mass is 443 g/mol. The highest BCUT2D eigenvalue weighted by Gasteiger charge is 2.38. The van der Waals surface area contributed by atoms with Crippen LogP contribution in [0, 0.1) is 6.92 Å². The smallest absolute Gasteiger partial charge is 0.271 e. The average Bonchev–Trinajstić information content (AvgIpc) is 3.38. The normalized spacial score (nSPS) is 18.3. The van der Waals surface area contributed by atoms with Gasteiger partial charge < -0.3 is 15.1 Å². The zero-order valence-electron chi connectivity index (χ0n) is 17.3. The van der Waals surface area contributed by atoms with Gasteiger partial charge in [-0.1, -0.05) is 0 Å². The molecule has 0 saturated carbocycles. The van der Waals surface area contributed by atoms with Crippen molar-refractivity contribution in [3.63, 3.8) is 0 Å². The Morgan fingerprint density at radius 3 is 2.94 bits per heavy atom. The van der Waals surface area contributed by atoms with Gasteiger partial charge in [-0.15, -0.1) is 11.3 Å². The van der Waals surface area contributed by atoms with Crippen LogP contribution in [-0.2, 0) is 6.54 Å². The third kappa shape index (κ3) is 3.06. The van der Waals surface area contributed by atoms with E-state index in [2.05, 4.69) is 25.2 Å². The Kier molecular flexibility index (Phi) is 4.84. The first-order valence-electron chi connectivity index (χ1n) is 10.2. The number of carbonyl (C=O) groups is 1. The van der Waals surface area contributed by atoms with E-state index in [1.807, 2.05) is 0 Å². The third-order valence-corrected chi connectivity index (χ3v) is 6.90. The number of hydrogen-bond acceptors (Lipinski definition) is 8. The summed E-state index contributed by atoms with van der Waals surface area (Å²) >= 11 is 1.24. The molecule has 1 saturated heterocycles. The number of carbonyl (C=O) groups excluding carboxylic acids is 1. The lowest BCUT2D eigenvalue weighted by Crippen LogP contribution is -2.39. The van der Waals surface area contributed by atoms with Crippen molar-refractivity contribution >= 4 is 44.9 Å². The van der Waals surface area contributed by atoms with Crippen LogP contribution in [0.15, 0.2) is 16.4 Å². The van der Waals surface area contributed by atoms with Crippen molar-refractivity contribution in [1.82, 2.24) is 19.5 Å². The Hall–Kier alpha value is -3.08. The molecule has 2 aliphatic rings. The van der Waals surface area contributed by atoms with Crippen LogP contribution in [0.2, 0.25) is 0 Å². The molecule has 3 aromatic heterocycles. The first-order valence-corrected chi connectivity index (χ1v) is 11.1. The summed E-state index contributed by atoms with van der Waals surface area (Å²) in [4.78, 5) is 43.7. The molecule has 1 fully saturated rings.